The van der Waals surface area contributed by atoms with Crippen molar-refractivity contribution < 1.29 is 9.59 Å². The van der Waals surface area contributed by atoms with Crippen LogP contribution in [-0.4, -0.2) is 18.2 Å². The lowest BCUT2D eigenvalue weighted by molar-refractivity contribution is -0.140. The minimum atomic E-state index is -0.574. The van der Waals surface area contributed by atoms with Gasteiger partial charge in [0, 0.05) is 25.3 Å². The SMILES string of the molecule is C#CCCNC(=O)C(=O)C(C)CCC#C. The third-order valence-corrected chi connectivity index (χ3v) is 1.95. The lowest BCUT2D eigenvalue weighted by Crippen LogP contribution is -2.35. The maximum absolute atomic E-state index is 11.4. The topological polar surface area (TPSA) is 46.2 Å². The third-order valence-electron chi connectivity index (χ3n) is 1.95. The highest BCUT2D eigenvalue weighted by atomic mass is 16.2. The predicted octanol–water partition coefficient (Wildman–Crippen LogP) is 0.744. The molecule has 0 heterocycles. The van der Waals surface area contributed by atoms with Crippen LogP contribution in [-0.2, 0) is 9.59 Å². The predicted molar refractivity (Wildman–Crippen MR) is 58.7 cm³/mol. The Hall–Kier alpha value is -1.74. The highest BCUT2D eigenvalue weighted by molar-refractivity contribution is 6.36. The molecular formula is C12H15NO2. The maximum atomic E-state index is 11.4. The average molecular weight is 205 g/mol. The second-order valence-electron chi connectivity index (χ2n) is 3.22. The molecule has 3 heteroatoms. The molecule has 0 spiro atoms. The van der Waals surface area contributed by atoms with Crippen LogP contribution in [0.1, 0.15) is 26.2 Å². The van der Waals surface area contributed by atoms with Gasteiger partial charge in [0.05, 0.1) is 0 Å². The Morgan fingerprint density at radius 1 is 1.27 bits per heavy atom. The Kier molecular flexibility index (Phi) is 6.76. The zero-order valence-corrected chi connectivity index (χ0v) is 8.88. The fourth-order valence-electron chi connectivity index (χ4n) is 0.990. The molecule has 0 bridgehead atoms. The van der Waals surface area contributed by atoms with Crippen molar-refractivity contribution in [1.82, 2.24) is 5.32 Å². The van der Waals surface area contributed by atoms with Gasteiger partial charge in [0.15, 0.2) is 0 Å². The molecule has 1 atom stereocenters. The summed E-state index contributed by atoms with van der Waals surface area (Å²) in [7, 11) is 0. The first-order chi connectivity index (χ1) is 7.13. The summed E-state index contributed by atoms with van der Waals surface area (Å²) in [6.07, 6.45) is 11.5. The number of nitrogens with one attached hydrogen (secondary N) is 1. The van der Waals surface area contributed by atoms with Crippen molar-refractivity contribution in [3.8, 4) is 24.7 Å². The van der Waals surface area contributed by atoms with Gasteiger partial charge < -0.3 is 5.32 Å². The van der Waals surface area contributed by atoms with Crippen LogP contribution >= 0.6 is 0 Å². The number of terminal acetylenes is 2. The average Bonchev–Trinajstić information content (AvgIpc) is 2.24. The van der Waals surface area contributed by atoms with E-state index >= 15 is 0 Å². The number of Topliss-reactive ketones (excluding diaryl/α,β-unsaturated/α-hetero) is 1. The normalized spacial score (nSPS) is 10.9. The van der Waals surface area contributed by atoms with E-state index in [0.29, 0.717) is 25.8 Å². The number of hydrogen-bond donors (Lipinski definition) is 1. The lowest BCUT2D eigenvalue weighted by atomic mass is 10.0. The summed E-state index contributed by atoms with van der Waals surface area (Å²) in [5, 5.41) is 2.46. The van der Waals surface area contributed by atoms with E-state index in [1.807, 2.05) is 0 Å². The Labute approximate surface area is 90.6 Å². The molecule has 0 aliphatic carbocycles. The van der Waals surface area contributed by atoms with Gasteiger partial charge in [-0.1, -0.05) is 6.92 Å². The Morgan fingerprint density at radius 2 is 1.87 bits per heavy atom. The van der Waals surface area contributed by atoms with Gasteiger partial charge in [-0.2, -0.15) is 0 Å². The van der Waals surface area contributed by atoms with Crippen molar-refractivity contribution in [2.24, 2.45) is 5.92 Å². The van der Waals surface area contributed by atoms with Crippen molar-refractivity contribution in [1.29, 1.82) is 0 Å². The summed E-state index contributed by atoms with van der Waals surface area (Å²) in [4.78, 5) is 22.7. The van der Waals surface area contributed by atoms with E-state index in [9.17, 15) is 9.59 Å². The highest BCUT2D eigenvalue weighted by Crippen LogP contribution is 2.05. The zero-order valence-electron chi connectivity index (χ0n) is 8.88. The molecule has 0 aliphatic rings. The Balaban J connectivity index is 3.93. The number of ketones is 1. The fraction of sp³-hybridized carbons (Fsp3) is 0.500. The van der Waals surface area contributed by atoms with Crippen LogP contribution in [0.4, 0.5) is 0 Å². The summed E-state index contributed by atoms with van der Waals surface area (Å²) in [6.45, 7) is 2.03. The zero-order chi connectivity index (χ0) is 11.7. The van der Waals surface area contributed by atoms with Crippen molar-refractivity contribution in [3.63, 3.8) is 0 Å². The summed E-state index contributed by atoms with van der Waals surface area (Å²) < 4.78 is 0. The molecule has 15 heavy (non-hydrogen) atoms. The van der Waals surface area contributed by atoms with E-state index in [1.165, 1.54) is 0 Å². The first kappa shape index (κ1) is 13.3. The molecule has 0 saturated heterocycles. The van der Waals surface area contributed by atoms with Crippen LogP contribution in [0.3, 0.4) is 0 Å². The molecule has 1 N–H and O–H groups in total. The van der Waals surface area contributed by atoms with Crippen molar-refractivity contribution >= 4 is 11.7 Å². The van der Waals surface area contributed by atoms with E-state index in [2.05, 4.69) is 17.2 Å². The molecule has 0 radical (unpaired) electrons. The van der Waals surface area contributed by atoms with Crippen LogP contribution in [0.15, 0.2) is 0 Å². The molecule has 0 aromatic carbocycles. The van der Waals surface area contributed by atoms with Gasteiger partial charge >= 0.3 is 0 Å². The number of carbonyl (C=O) groups excluding carboxylic acids is 2. The quantitative estimate of drug-likeness (QED) is 0.395. The Bertz CT molecular complexity index is 307. The smallest absolute Gasteiger partial charge is 0.287 e. The highest BCUT2D eigenvalue weighted by Gasteiger charge is 2.19. The molecule has 0 aromatic rings. The van der Waals surface area contributed by atoms with Crippen molar-refractivity contribution in [2.75, 3.05) is 6.54 Å². The molecule has 80 valence electrons. The largest absolute Gasteiger partial charge is 0.349 e. The number of rotatable bonds is 6. The number of carbonyl (C=O) groups is 2. The van der Waals surface area contributed by atoms with E-state index in [1.54, 1.807) is 6.92 Å². The van der Waals surface area contributed by atoms with Crippen LogP contribution < -0.4 is 5.32 Å². The number of amides is 1. The number of hydrogen-bond acceptors (Lipinski definition) is 2. The van der Waals surface area contributed by atoms with Gasteiger partial charge in [-0.05, 0) is 6.42 Å². The van der Waals surface area contributed by atoms with E-state index in [4.69, 9.17) is 12.8 Å². The molecule has 1 unspecified atom stereocenters. The Morgan fingerprint density at radius 3 is 2.40 bits per heavy atom. The minimum absolute atomic E-state index is 0.327. The van der Waals surface area contributed by atoms with Gasteiger partial charge in [-0.25, -0.2) is 0 Å². The van der Waals surface area contributed by atoms with Crippen molar-refractivity contribution in [2.45, 2.75) is 26.2 Å². The standard InChI is InChI=1S/C12H15NO2/c1-4-6-8-10(3)11(14)12(15)13-9-7-5-2/h1-2,10H,6-9H2,3H3,(H,13,15). The maximum Gasteiger partial charge on any atom is 0.287 e. The summed E-state index contributed by atoms with van der Waals surface area (Å²) in [5.74, 6) is 3.48. The van der Waals surface area contributed by atoms with Crippen LogP contribution in [0, 0.1) is 30.6 Å². The summed E-state index contributed by atoms with van der Waals surface area (Å²) >= 11 is 0. The van der Waals surface area contributed by atoms with Crippen LogP contribution in [0.25, 0.3) is 0 Å². The molecule has 0 aromatic heterocycles. The first-order valence-corrected chi connectivity index (χ1v) is 4.82. The third kappa shape index (κ3) is 5.54. The molecule has 0 aliphatic heterocycles. The molecule has 1 amide bonds. The van der Waals surface area contributed by atoms with E-state index < -0.39 is 11.7 Å². The van der Waals surface area contributed by atoms with Crippen molar-refractivity contribution in [3.05, 3.63) is 0 Å². The van der Waals surface area contributed by atoms with Crippen LogP contribution in [0.2, 0.25) is 0 Å². The molecule has 0 fully saturated rings. The van der Waals surface area contributed by atoms with Gasteiger partial charge in [0.25, 0.3) is 5.91 Å². The van der Waals surface area contributed by atoms with E-state index in [0.717, 1.165) is 0 Å². The molecule has 0 rings (SSSR count). The van der Waals surface area contributed by atoms with Gasteiger partial charge in [0.2, 0.25) is 5.78 Å². The molecule has 3 nitrogen and oxygen atoms in total. The van der Waals surface area contributed by atoms with Gasteiger partial charge in [-0.3, -0.25) is 9.59 Å². The molecule has 0 saturated carbocycles. The summed E-state index contributed by atoms with van der Waals surface area (Å²) in [6, 6.07) is 0. The van der Waals surface area contributed by atoms with Crippen LogP contribution in [0.5, 0.6) is 0 Å². The minimum Gasteiger partial charge on any atom is -0.349 e. The summed E-state index contributed by atoms with van der Waals surface area (Å²) in [5.41, 5.74) is 0. The van der Waals surface area contributed by atoms with Gasteiger partial charge in [-0.15, -0.1) is 24.7 Å². The molecular weight excluding hydrogens is 190 g/mol. The second kappa shape index (κ2) is 7.64. The first-order valence-electron chi connectivity index (χ1n) is 4.82. The second-order valence-corrected chi connectivity index (χ2v) is 3.22. The van der Waals surface area contributed by atoms with Gasteiger partial charge in [0.1, 0.15) is 0 Å². The fourth-order valence-corrected chi connectivity index (χ4v) is 0.990. The lowest BCUT2D eigenvalue weighted by Gasteiger charge is -2.07. The van der Waals surface area contributed by atoms with E-state index in [-0.39, 0.29) is 5.92 Å². The monoisotopic (exact) mass is 205 g/mol.